The Balaban J connectivity index is 1.25. The Bertz CT molecular complexity index is 1220. The Labute approximate surface area is 187 Å². The third kappa shape index (κ3) is 4.30. The largest absolute Gasteiger partial charge is 0.379 e. The van der Waals surface area contributed by atoms with Gasteiger partial charge in [-0.1, -0.05) is 0 Å². The van der Waals surface area contributed by atoms with Crippen molar-refractivity contribution in [2.24, 2.45) is 0 Å². The molecule has 0 unspecified atom stereocenters. The van der Waals surface area contributed by atoms with Crippen molar-refractivity contribution in [2.75, 3.05) is 38.2 Å². The predicted octanol–water partition coefficient (Wildman–Crippen LogP) is 3.72. The Morgan fingerprint density at radius 2 is 1.84 bits per heavy atom. The molecular formula is C25H27N5O2. The summed E-state index contributed by atoms with van der Waals surface area (Å²) in [5.74, 6) is -0.125. The van der Waals surface area contributed by atoms with E-state index in [-0.39, 0.29) is 5.91 Å². The lowest BCUT2D eigenvalue weighted by atomic mass is 10.1. The molecule has 1 N–H and O–H groups in total. The molecule has 0 spiro atoms. The lowest BCUT2D eigenvalue weighted by molar-refractivity contribution is 0.0365. The molecule has 4 aromatic rings. The van der Waals surface area contributed by atoms with Crippen LogP contribution in [0.4, 0.5) is 5.69 Å². The van der Waals surface area contributed by atoms with Crippen molar-refractivity contribution < 1.29 is 9.53 Å². The van der Waals surface area contributed by atoms with Gasteiger partial charge >= 0.3 is 0 Å². The first-order valence-electron chi connectivity index (χ1n) is 11.0. The van der Waals surface area contributed by atoms with Crippen molar-refractivity contribution in [1.82, 2.24) is 19.2 Å². The van der Waals surface area contributed by atoms with Gasteiger partial charge < -0.3 is 14.6 Å². The topological polar surface area (TPSA) is 64.3 Å². The lowest BCUT2D eigenvalue weighted by Crippen LogP contribution is -2.38. The van der Waals surface area contributed by atoms with E-state index in [4.69, 9.17) is 4.74 Å². The smallest absolute Gasteiger partial charge is 0.255 e. The van der Waals surface area contributed by atoms with Gasteiger partial charge in [0, 0.05) is 66.4 Å². The van der Waals surface area contributed by atoms with E-state index in [1.165, 1.54) is 5.52 Å². The van der Waals surface area contributed by atoms with Crippen molar-refractivity contribution >= 4 is 22.5 Å². The maximum absolute atomic E-state index is 12.7. The number of hydrogen-bond donors (Lipinski definition) is 1. The van der Waals surface area contributed by atoms with Gasteiger partial charge in [0.25, 0.3) is 5.91 Å². The number of fused-ring (bicyclic) bond motifs is 1. The van der Waals surface area contributed by atoms with E-state index >= 15 is 0 Å². The summed E-state index contributed by atoms with van der Waals surface area (Å²) in [4.78, 5) is 15.2. The highest BCUT2D eigenvalue weighted by Crippen LogP contribution is 2.22. The minimum Gasteiger partial charge on any atom is -0.379 e. The molecule has 2 aromatic carbocycles. The summed E-state index contributed by atoms with van der Waals surface area (Å²) in [6.07, 6.45) is 3.88. The number of nitrogens with zero attached hydrogens (tertiary/aromatic N) is 4. The summed E-state index contributed by atoms with van der Waals surface area (Å²) in [7, 11) is 0. The Kier molecular flexibility index (Phi) is 5.75. The molecule has 0 atom stereocenters. The Morgan fingerprint density at radius 3 is 2.59 bits per heavy atom. The fourth-order valence-electron chi connectivity index (χ4n) is 4.14. The van der Waals surface area contributed by atoms with Gasteiger partial charge in [-0.25, -0.2) is 4.68 Å². The number of ether oxygens (including phenoxy) is 1. The van der Waals surface area contributed by atoms with Gasteiger partial charge in [0.15, 0.2) is 0 Å². The monoisotopic (exact) mass is 429 g/mol. The molecule has 0 aliphatic carbocycles. The molecule has 32 heavy (non-hydrogen) atoms. The van der Waals surface area contributed by atoms with Crippen LogP contribution in [0.3, 0.4) is 0 Å². The fourth-order valence-corrected chi connectivity index (χ4v) is 4.14. The fraction of sp³-hybridized carbons (Fsp3) is 0.280. The van der Waals surface area contributed by atoms with Crippen molar-refractivity contribution in [3.05, 3.63) is 78.2 Å². The highest BCUT2D eigenvalue weighted by Gasteiger charge is 2.12. The summed E-state index contributed by atoms with van der Waals surface area (Å²) < 4.78 is 9.54. The van der Waals surface area contributed by atoms with E-state index in [0.29, 0.717) is 5.56 Å². The normalized spacial score (nSPS) is 14.7. The molecule has 0 saturated carbocycles. The molecule has 164 valence electrons. The maximum atomic E-state index is 12.7. The molecule has 1 amide bonds. The number of carbonyl (C=O) groups is 1. The van der Waals surface area contributed by atoms with E-state index in [9.17, 15) is 4.79 Å². The number of amides is 1. The van der Waals surface area contributed by atoms with E-state index < -0.39 is 0 Å². The van der Waals surface area contributed by atoms with Gasteiger partial charge in [-0.3, -0.25) is 9.69 Å². The quantitative estimate of drug-likeness (QED) is 0.507. The summed E-state index contributed by atoms with van der Waals surface area (Å²) in [5.41, 5.74) is 4.56. The lowest BCUT2D eigenvalue weighted by Gasteiger charge is -2.26. The molecule has 2 aromatic heterocycles. The van der Waals surface area contributed by atoms with Crippen LogP contribution in [0.25, 0.3) is 16.6 Å². The van der Waals surface area contributed by atoms with Crippen LogP contribution < -0.4 is 5.32 Å². The average molecular weight is 430 g/mol. The van der Waals surface area contributed by atoms with Gasteiger partial charge in [0.1, 0.15) is 0 Å². The van der Waals surface area contributed by atoms with Crippen LogP contribution in [0.5, 0.6) is 0 Å². The number of morpholine rings is 1. The first kappa shape index (κ1) is 20.5. The second-order valence-corrected chi connectivity index (χ2v) is 8.12. The van der Waals surface area contributed by atoms with Gasteiger partial charge in [-0.15, -0.1) is 0 Å². The summed E-state index contributed by atoms with van der Waals surface area (Å²) >= 11 is 0. The van der Waals surface area contributed by atoms with Crippen LogP contribution in [0, 0.1) is 6.92 Å². The molecule has 5 rings (SSSR count). The van der Waals surface area contributed by atoms with E-state index in [0.717, 1.165) is 61.8 Å². The molecule has 1 aliphatic heterocycles. The standard InChI is InChI=1S/C25H27N5O2/c1-19-8-10-26-30(19)23-5-2-20(3-6-23)25(31)27-22-4-7-24-21(18-22)9-11-29(24)13-12-28-14-16-32-17-15-28/h2-11,18H,12-17H2,1H3,(H,27,31). The first-order valence-corrected chi connectivity index (χ1v) is 11.0. The first-order chi connectivity index (χ1) is 15.7. The number of anilines is 1. The summed E-state index contributed by atoms with van der Waals surface area (Å²) in [6.45, 7) is 7.59. The minimum atomic E-state index is -0.125. The second kappa shape index (κ2) is 8.98. The minimum absolute atomic E-state index is 0.125. The van der Waals surface area contributed by atoms with Crippen molar-refractivity contribution in [3.8, 4) is 5.69 Å². The SMILES string of the molecule is Cc1ccnn1-c1ccc(C(=O)Nc2ccc3c(ccn3CCN3CCOCC3)c2)cc1. The zero-order valence-electron chi connectivity index (χ0n) is 18.2. The van der Waals surface area contributed by atoms with Crippen LogP contribution in [0.2, 0.25) is 0 Å². The molecule has 1 saturated heterocycles. The predicted molar refractivity (Wildman–Crippen MR) is 125 cm³/mol. The highest BCUT2D eigenvalue weighted by molar-refractivity contribution is 6.05. The number of aryl methyl sites for hydroxylation is 1. The molecule has 7 heteroatoms. The van der Waals surface area contributed by atoms with Crippen molar-refractivity contribution in [1.29, 1.82) is 0 Å². The number of carbonyl (C=O) groups excluding carboxylic acids is 1. The Morgan fingerprint density at radius 1 is 1.03 bits per heavy atom. The van der Waals surface area contributed by atoms with Gasteiger partial charge in [0.2, 0.25) is 0 Å². The molecule has 0 bridgehead atoms. The van der Waals surface area contributed by atoms with Crippen LogP contribution in [0.15, 0.2) is 67.0 Å². The van der Waals surface area contributed by atoms with Crippen LogP contribution >= 0.6 is 0 Å². The van der Waals surface area contributed by atoms with Gasteiger partial charge in [-0.05, 0) is 61.5 Å². The van der Waals surface area contributed by atoms with Gasteiger partial charge in [0.05, 0.1) is 18.9 Å². The number of aromatic nitrogens is 3. The summed E-state index contributed by atoms with van der Waals surface area (Å²) in [6, 6.07) is 17.6. The molecule has 1 fully saturated rings. The number of nitrogens with one attached hydrogen (secondary N) is 1. The highest BCUT2D eigenvalue weighted by atomic mass is 16.5. The number of rotatable bonds is 6. The molecular weight excluding hydrogens is 402 g/mol. The molecule has 0 radical (unpaired) electrons. The maximum Gasteiger partial charge on any atom is 0.255 e. The third-order valence-corrected chi connectivity index (χ3v) is 6.00. The zero-order valence-corrected chi connectivity index (χ0v) is 18.2. The van der Waals surface area contributed by atoms with Crippen molar-refractivity contribution in [3.63, 3.8) is 0 Å². The average Bonchev–Trinajstić information content (AvgIpc) is 3.44. The zero-order chi connectivity index (χ0) is 21.9. The number of benzene rings is 2. The van der Waals surface area contributed by atoms with E-state index in [1.807, 2.05) is 54.1 Å². The molecule has 1 aliphatic rings. The molecule has 7 nitrogen and oxygen atoms in total. The summed E-state index contributed by atoms with van der Waals surface area (Å²) in [5, 5.41) is 8.44. The van der Waals surface area contributed by atoms with Gasteiger partial charge in [-0.2, -0.15) is 5.10 Å². The van der Waals surface area contributed by atoms with Crippen LogP contribution in [-0.2, 0) is 11.3 Å². The Hall–Kier alpha value is -3.42. The van der Waals surface area contributed by atoms with E-state index in [1.54, 1.807) is 6.20 Å². The molecule has 3 heterocycles. The van der Waals surface area contributed by atoms with Crippen LogP contribution in [0.1, 0.15) is 16.1 Å². The van der Waals surface area contributed by atoms with Crippen LogP contribution in [-0.4, -0.2) is 58.0 Å². The van der Waals surface area contributed by atoms with E-state index in [2.05, 4.69) is 38.2 Å². The third-order valence-electron chi connectivity index (χ3n) is 6.00. The number of hydrogen-bond acceptors (Lipinski definition) is 4. The second-order valence-electron chi connectivity index (χ2n) is 8.12. The van der Waals surface area contributed by atoms with Crippen molar-refractivity contribution in [2.45, 2.75) is 13.5 Å².